The van der Waals surface area contributed by atoms with Gasteiger partial charge >= 0.3 is 5.92 Å². The van der Waals surface area contributed by atoms with E-state index in [2.05, 4.69) is 11.6 Å². The fourth-order valence-electron chi connectivity index (χ4n) is 1.82. The molecule has 1 saturated heterocycles. The Bertz CT molecular complexity index is 425. The van der Waals surface area contributed by atoms with Crippen molar-refractivity contribution in [2.45, 2.75) is 24.4 Å². The zero-order valence-corrected chi connectivity index (χ0v) is 9.33. The summed E-state index contributed by atoms with van der Waals surface area (Å²) in [5, 5.41) is 18.2. The van der Waals surface area contributed by atoms with Gasteiger partial charge < -0.3 is 25.6 Å². The van der Waals surface area contributed by atoms with Crippen molar-refractivity contribution in [2.75, 3.05) is 6.61 Å². The van der Waals surface area contributed by atoms with Gasteiger partial charge in [0, 0.05) is 6.20 Å². The molecule has 100 valence electrons. The van der Waals surface area contributed by atoms with Crippen LogP contribution in [0, 0.1) is 0 Å². The molecule has 0 aromatic carbocycles. The average molecular weight is 261 g/mol. The highest BCUT2D eigenvalue weighted by Gasteiger charge is 2.60. The molecule has 18 heavy (non-hydrogen) atoms. The van der Waals surface area contributed by atoms with E-state index in [1.54, 1.807) is 0 Å². The van der Waals surface area contributed by atoms with E-state index in [4.69, 9.17) is 15.6 Å². The van der Waals surface area contributed by atoms with E-state index < -0.39 is 31.0 Å². The number of aliphatic hydroxyl groups excluding tert-OH is 2. The Morgan fingerprint density at radius 1 is 1.61 bits per heavy atom. The monoisotopic (exact) mass is 261 g/mol. The Hall–Kier alpha value is -1.51. The summed E-state index contributed by atoms with van der Waals surface area (Å²) in [7, 11) is 0. The van der Waals surface area contributed by atoms with Gasteiger partial charge in [-0.3, -0.25) is 0 Å². The van der Waals surface area contributed by atoms with Crippen LogP contribution in [0.3, 0.4) is 0 Å². The quantitative estimate of drug-likeness (QED) is 0.615. The first-order chi connectivity index (χ1) is 8.37. The minimum Gasteiger partial charge on any atom is -0.394 e. The molecule has 1 unspecified atom stereocenters. The lowest BCUT2D eigenvalue weighted by Crippen LogP contribution is -2.47. The number of halogens is 2. The third-order valence-electron chi connectivity index (χ3n) is 2.77. The largest absolute Gasteiger partial charge is 0.394 e. The van der Waals surface area contributed by atoms with E-state index in [9.17, 15) is 13.9 Å². The van der Waals surface area contributed by atoms with Crippen LogP contribution in [0.1, 0.15) is 0 Å². The van der Waals surface area contributed by atoms with E-state index in [-0.39, 0.29) is 11.7 Å². The van der Waals surface area contributed by atoms with Crippen molar-refractivity contribution in [3.05, 3.63) is 24.7 Å². The Kier molecular flexibility index (Phi) is 3.09. The number of nitrogens with zero attached hydrogens (tertiary/aromatic N) is 2. The van der Waals surface area contributed by atoms with Gasteiger partial charge in [-0.15, -0.1) is 0 Å². The average Bonchev–Trinajstić information content (AvgIpc) is 2.52. The lowest BCUT2D eigenvalue weighted by molar-refractivity contribution is -0.148. The van der Waals surface area contributed by atoms with Crippen LogP contribution in [0.5, 0.6) is 0 Å². The predicted octanol–water partition coefficient (Wildman–Crippen LogP) is -0.643. The summed E-state index contributed by atoms with van der Waals surface area (Å²) in [6, 6.07) is 0. The zero-order chi connectivity index (χ0) is 13.5. The third kappa shape index (κ3) is 1.88. The highest BCUT2D eigenvalue weighted by Crippen LogP contribution is 2.39. The minimum absolute atomic E-state index is 0.0227. The molecule has 0 amide bonds. The molecule has 2 aliphatic rings. The Balaban J connectivity index is 2.25. The number of hydrogen-bond acceptors (Lipinski definition) is 6. The van der Waals surface area contributed by atoms with Crippen molar-refractivity contribution in [1.29, 1.82) is 0 Å². The summed E-state index contributed by atoms with van der Waals surface area (Å²) < 4.78 is 32.6. The molecule has 3 atom stereocenters. The number of amidine groups is 1. The molecular weight excluding hydrogens is 248 g/mol. The van der Waals surface area contributed by atoms with Crippen LogP contribution in [-0.4, -0.2) is 51.9 Å². The number of aliphatic hydroxyl groups is 2. The van der Waals surface area contributed by atoms with E-state index in [0.29, 0.717) is 0 Å². The summed E-state index contributed by atoms with van der Waals surface area (Å²) in [4.78, 5) is 4.70. The maximum Gasteiger partial charge on any atom is 0.320 e. The second-order valence-corrected chi connectivity index (χ2v) is 4.00. The summed E-state index contributed by atoms with van der Waals surface area (Å²) in [6.45, 7) is 2.78. The predicted molar refractivity (Wildman–Crippen MR) is 58.4 cm³/mol. The summed E-state index contributed by atoms with van der Waals surface area (Å²) in [5.74, 6) is -3.44. The van der Waals surface area contributed by atoms with Gasteiger partial charge in [0.15, 0.2) is 6.10 Å². The van der Waals surface area contributed by atoms with Gasteiger partial charge in [0.2, 0.25) is 6.23 Å². The maximum atomic E-state index is 13.8. The van der Waals surface area contributed by atoms with Gasteiger partial charge in [-0.1, -0.05) is 6.58 Å². The van der Waals surface area contributed by atoms with Crippen LogP contribution in [0.4, 0.5) is 8.78 Å². The molecule has 0 radical (unpaired) electrons. The second-order valence-electron chi connectivity index (χ2n) is 4.00. The Labute approximate surface area is 102 Å². The number of rotatable bonds is 2. The SMILES string of the molecule is C=C1N=C(N)C=CN1C1O[C@H](CO)[C@H](O)C1(F)F. The van der Waals surface area contributed by atoms with E-state index >= 15 is 0 Å². The highest BCUT2D eigenvalue weighted by molar-refractivity contribution is 5.92. The fraction of sp³-hybridized carbons (Fsp3) is 0.500. The fourth-order valence-corrected chi connectivity index (χ4v) is 1.82. The topological polar surface area (TPSA) is 91.3 Å². The molecule has 0 bridgehead atoms. The smallest absolute Gasteiger partial charge is 0.320 e. The van der Waals surface area contributed by atoms with Gasteiger partial charge in [-0.05, 0) is 6.08 Å². The molecule has 0 aliphatic carbocycles. The summed E-state index contributed by atoms with van der Waals surface area (Å²) in [5.41, 5.74) is 5.39. The molecule has 2 rings (SSSR count). The third-order valence-corrected chi connectivity index (χ3v) is 2.77. The second kappa shape index (κ2) is 4.30. The summed E-state index contributed by atoms with van der Waals surface area (Å²) in [6.07, 6.45) is -2.65. The standard InChI is InChI=1S/C10H13F2N3O3/c1-5-14-7(13)2-3-15(5)9-10(11,12)8(17)6(4-16)18-9/h2-3,6,8-9,16-17H,1,4H2,(H2,13,14)/t6-,8+,9?/m1/s1. The van der Waals surface area contributed by atoms with E-state index in [0.717, 1.165) is 4.90 Å². The number of alkyl halides is 2. The van der Waals surface area contributed by atoms with Gasteiger partial charge in [0.05, 0.1) is 6.61 Å². The maximum absolute atomic E-state index is 13.8. The molecule has 6 nitrogen and oxygen atoms in total. The van der Waals surface area contributed by atoms with Crippen molar-refractivity contribution >= 4 is 5.84 Å². The molecule has 4 N–H and O–H groups in total. The molecule has 0 spiro atoms. The van der Waals surface area contributed by atoms with Crippen LogP contribution in [0.2, 0.25) is 0 Å². The minimum atomic E-state index is -3.55. The van der Waals surface area contributed by atoms with E-state index in [1.807, 2.05) is 0 Å². The first-order valence-corrected chi connectivity index (χ1v) is 5.19. The van der Waals surface area contributed by atoms with Crippen LogP contribution in [0.15, 0.2) is 29.7 Å². The van der Waals surface area contributed by atoms with Crippen molar-refractivity contribution in [1.82, 2.24) is 4.90 Å². The van der Waals surface area contributed by atoms with Crippen LogP contribution in [-0.2, 0) is 4.74 Å². The van der Waals surface area contributed by atoms with Crippen molar-refractivity contribution in [3.63, 3.8) is 0 Å². The van der Waals surface area contributed by atoms with Crippen molar-refractivity contribution < 1.29 is 23.7 Å². The van der Waals surface area contributed by atoms with Crippen molar-refractivity contribution in [2.24, 2.45) is 10.7 Å². The molecular formula is C10H13F2N3O3. The van der Waals surface area contributed by atoms with Crippen molar-refractivity contribution in [3.8, 4) is 0 Å². The Morgan fingerprint density at radius 2 is 2.28 bits per heavy atom. The number of aliphatic imine (C=N–C) groups is 1. The first-order valence-electron chi connectivity index (χ1n) is 5.19. The number of hydrogen-bond donors (Lipinski definition) is 3. The molecule has 0 aromatic heterocycles. The van der Waals surface area contributed by atoms with Crippen LogP contribution < -0.4 is 5.73 Å². The van der Waals surface area contributed by atoms with Gasteiger partial charge in [0.25, 0.3) is 0 Å². The normalized spacial score (nSPS) is 34.9. The lowest BCUT2D eigenvalue weighted by Gasteiger charge is -2.31. The zero-order valence-electron chi connectivity index (χ0n) is 9.33. The lowest BCUT2D eigenvalue weighted by atomic mass is 10.1. The highest BCUT2D eigenvalue weighted by atomic mass is 19.3. The first kappa shape index (κ1) is 12.9. The number of nitrogens with two attached hydrogens (primary N) is 1. The molecule has 0 saturated carbocycles. The van der Waals surface area contributed by atoms with Crippen LogP contribution in [0.25, 0.3) is 0 Å². The number of ether oxygens (including phenoxy) is 1. The van der Waals surface area contributed by atoms with Gasteiger partial charge in [-0.2, -0.15) is 8.78 Å². The molecule has 0 aromatic rings. The molecule has 2 aliphatic heterocycles. The molecule has 2 heterocycles. The van der Waals surface area contributed by atoms with Crippen LogP contribution >= 0.6 is 0 Å². The summed E-state index contributed by atoms with van der Waals surface area (Å²) >= 11 is 0. The van der Waals surface area contributed by atoms with E-state index in [1.165, 1.54) is 12.3 Å². The molecule has 8 heteroatoms. The van der Waals surface area contributed by atoms with Gasteiger partial charge in [-0.25, -0.2) is 4.99 Å². The molecule has 1 fully saturated rings. The van der Waals surface area contributed by atoms with Gasteiger partial charge in [0.1, 0.15) is 17.8 Å². The Morgan fingerprint density at radius 3 is 2.78 bits per heavy atom.